The number of carboxylic acids is 2. The van der Waals surface area contributed by atoms with Gasteiger partial charge in [-0.3, -0.25) is 9.36 Å². The highest BCUT2D eigenvalue weighted by molar-refractivity contribution is 5.85. The molecule has 0 aliphatic rings. The average Bonchev–Trinajstić information content (AvgIpc) is 3.44. The lowest BCUT2D eigenvalue weighted by Gasteiger charge is -2.14. The van der Waals surface area contributed by atoms with Gasteiger partial charge in [-0.15, -0.1) is 0 Å². The van der Waals surface area contributed by atoms with E-state index in [1.807, 2.05) is 37.3 Å². The lowest BCUT2D eigenvalue weighted by molar-refractivity contribution is 0.0652. The summed E-state index contributed by atoms with van der Waals surface area (Å²) in [6.07, 6.45) is 2.88. The number of carbonyl (C=O) groups is 2. The molecule has 0 aliphatic heterocycles. The molecule has 1 aromatic carbocycles. The number of aromatic nitrogens is 4. The van der Waals surface area contributed by atoms with Gasteiger partial charge in [-0.2, -0.15) is 10.2 Å². The van der Waals surface area contributed by atoms with Crippen LogP contribution in [0.15, 0.2) is 54.9 Å². The zero-order chi connectivity index (χ0) is 22.8. The third kappa shape index (κ3) is 6.76. The number of aliphatic hydroxyl groups excluding tert-OH is 1. The van der Waals surface area contributed by atoms with E-state index in [4.69, 9.17) is 20.1 Å². The first kappa shape index (κ1) is 23.8. The van der Waals surface area contributed by atoms with Crippen molar-refractivity contribution in [3.63, 3.8) is 0 Å². The molecule has 2 aromatic heterocycles. The van der Waals surface area contributed by atoms with Crippen LogP contribution in [0.3, 0.4) is 0 Å². The minimum atomic E-state index is -1.03. The highest BCUT2D eigenvalue weighted by Crippen LogP contribution is 2.11. The van der Waals surface area contributed by atoms with Gasteiger partial charge in [0.2, 0.25) is 0 Å². The Kier molecular flexibility index (Phi) is 8.92. The zero-order valence-corrected chi connectivity index (χ0v) is 17.3. The van der Waals surface area contributed by atoms with Gasteiger partial charge >= 0.3 is 11.9 Å². The second-order valence-electron chi connectivity index (χ2n) is 6.81. The molecule has 3 rings (SSSR count). The summed E-state index contributed by atoms with van der Waals surface area (Å²) in [5.74, 6) is -2.01. The number of aromatic carboxylic acids is 2. The summed E-state index contributed by atoms with van der Waals surface area (Å²) in [6, 6.07) is 12.3. The van der Waals surface area contributed by atoms with Crippen molar-refractivity contribution in [1.82, 2.24) is 19.6 Å². The van der Waals surface area contributed by atoms with Crippen LogP contribution in [0.5, 0.6) is 0 Å². The van der Waals surface area contributed by atoms with Crippen molar-refractivity contribution >= 4 is 11.9 Å². The van der Waals surface area contributed by atoms with Crippen LogP contribution in [-0.4, -0.2) is 60.0 Å². The first-order chi connectivity index (χ1) is 14.8. The number of hydrogen-bond acceptors (Lipinski definition) is 6. The molecule has 0 fully saturated rings. The third-order valence-corrected chi connectivity index (χ3v) is 4.35. The molecule has 3 aromatic rings. The molecule has 0 spiro atoms. The summed E-state index contributed by atoms with van der Waals surface area (Å²) in [4.78, 5) is 21.5. The van der Waals surface area contributed by atoms with Gasteiger partial charge in [0.1, 0.15) is 11.4 Å². The Morgan fingerprint density at radius 2 is 1.42 bits per heavy atom. The smallest absolute Gasteiger partial charge is 0.354 e. The molecule has 166 valence electrons. The van der Waals surface area contributed by atoms with E-state index < -0.39 is 11.9 Å². The molecule has 0 amide bonds. The number of aliphatic hydroxyl groups is 1. The summed E-state index contributed by atoms with van der Waals surface area (Å²) in [6.45, 7) is 4.37. The first-order valence-electron chi connectivity index (χ1n) is 9.61. The first-order valence-corrected chi connectivity index (χ1v) is 9.61. The topological polar surface area (TPSA) is 140 Å². The molecule has 0 saturated carbocycles. The Hall–Kier alpha value is -3.50. The fourth-order valence-electron chi connectivity index (χ4n) is 2.74. The Bertz CT molecular complexity index is 969. The number of hydrogen-bond donors (Lipinski definition) is 3. The maximum atomic E-state index is 11.0. The molecule has 0 radical (unpaired) electrons. The fourth-order valence-corrected chi connectivity index (χ4v) is 2.74. The third-order valence-electron chi connectivity index (χ3n) is 4.35. The highest BCUT2D eigenvalue weighted by atomic mass is 16.5. The van der Waals surface area contributed by atoms with Crippen molar-refractivity contribution in [3.05, 3.63) is 71.8 Å². The quantitative estimate of drug-likeness (QED) is 0.470. The summed E-state index contributed by atoms with van der Waals surface area (Å²) in [7, 11) is 0. The molecule has 3 N–H and O–H groups in total. The van der Waals surface area contributed by atoms with E-state index in [-0.39, 0.29) is 30.1 Å². The minimum Gasteiger partial charge on any atom is -0.477 e. The van der Waals surface area contributed by atoms with Gasteiger partial charge in [0.05, 0.1) is 31.9 Å². The molecule has 0 bridgehead atoms. The van der Waals surface area contributed by atoms with Gasteiger partial charge in [-0.25, -0.2) is 9.59 Å². The van der Waals surface area contributed by atoms with Gasteiger partial charge < -0.3 is 20.1 Å². The number of carboxylic acid groups (broad SMARTS) is 2. The Balaban J connectivity index is 0.000000245. The van der Waals surface area contributed by atoms with Crippen molar-refractivity contribution in [2.75, 3.05) is 13.2 Å². The van der Waals surface area contributed by atoms with Crippen LogP contribution >= 0.6 is 0 Å². The Labute approximate surface area is 179 Å². The predicted octanol–water partition coefficient (Wildman–Crippen LogP) is 2.49. The molecule has 2 heterocycles. The van der Waals surface area contributed by atoms with E-state index >= 15 is 0 Å². The van der Waals surface area contributed by atoms with Crippen molar-refractivity contribution in [2.45, 2.75) is 32.5 Å². The van der Waals surface area contributed by atoms with E-state index in [0.717, 1.165) is 5.56 Å². The highest BCUT2D eigenvalue weighted by Gasteiger charge is 2.15. The van der Waals surface area contributed by atoms with Gasteiger partial charge in [-0.1, -0.05) is 30.3 Å². The maximum Gasteiger partial charge on any atom is 0.354 e. The lowest BCUT2D eigenvalue weighted by Crippen LogP contribution is -2.18. The van der Waals surface area contributed by atoms with Crippen LogP contribution in [0.25, 0.3) is 0 Å². The van der Waals surface area contributed by atoms with E-state index in [9.17, 15) is 9.59 Å². The molecule has 0 aliphatic carbocycles. The molecule has 10 nitrogen and oxygen atoms in total. The van der Waals surface area contributed by atoms with E-state index in [1.165, 1.54) is 33.9 Å². The van der Waals surface area contributed by atoms with E-state index in [2.05, 4.69) is 10.2 Å². The van der Waals surface area contributed by atoms with Crippen molar-refractivity contribution in [1.29, 1.82) is 0 Å². The summed E-state index contributed by atoms with van der Waals surface area (Å²) >= 11 is 0. The Morgan fingerprint density at radius 1 is 0.903 bits per heavy atom. The summed E-state index contributed by atoms with van der Waals surface area (Å²) < 4.78 is 8.33. The normalized spacial score (nSPS) is 12.5. The van der Waals surface area contributed by atoms with Crippen molar-refractivity contribution in [3.8, 4) is 0 Å². The SMILES string of the molecule is C[C@@H](CO)n1nccc1C(=O)O.C[C@@H](COCc1ccccc1)n1nccc1C(=O)O. The summed E-state index contributed by atoms with van der Waals surface area (Å²) in [5, 5.41) is 34.2. The predicted molar refractivity (Wildman–Crippen MR) is 111 cm³/mol. The number of ether oxygens (including phenoxy) is 1. The fraction of sp³-hybridized carbons (Fsp3) is 0.333. The van der Waals surface area contributed by atoms with Crippen LogP contribution in [0, 0.1) is 0 Å². The molecular weight excluding hydrogens is 404 g/mol. The van der Waals surface area contributed by atoms with Gasteiger partial charge in [0.15, 0.2) is 0 Å². The van der Waals surface area contributed by atoms with Crippen LogP contribution in [0.1, 0.15) is 52.5 Å². The van der Waals surface area contributed by atoms with Crippen LogP contribution in [-0.2, 0) is 11.3 Å². The van der Waals surface area contributed by atoms with Gasteiger partial charge in [-0.05, 0) is 31.5 Å². The van der Waals surface area contributed by atoms with Gasteiger partial charge in [0.25, 0.3) is 0 Å². The largest absolute Gasteiger partial charge is 0.477 e. The standard InChI is InChI=1S/C14H16N2O3.C7H10N2O3/c1-11(16-13(14(17)18)7-8-15-16)9-19-10-12-5-3-2-4-6-12;1-5(4-10)9-6(7(11)12)2-3-8-9/h2-8,11H,9-10H2,1H3,(H,17,18);2-3,5,10H,4H2,1H3,(H,11,12)/t11-;5-/m00/s1. The van der Waals surface area contributed by atoms with Crippen molar-refractivity contribution < 1.29 is 29.6 Å². The average molecular weight is 430 g/mol. The number of nitrogens with zero attached hydrogens (tertiary/aromatic N) is 4. The lowest BCUT2D eigenvalue weighted by atomic mass is 10.2. The maximum absolute atomic E-state index is 11.0. The monoisotopic (exact) mass is 430 g/mol. The van der Waals surface area contributed by atoms with Gasteiger partial charge in [0, 0.05) is 12.4 Å². The minimum absolute atomic E-state index is 0.0940. The molecule has 0 unspecified atom stereocenters. The van der Waals surface area contributed by atoms with E-state index in [1.54, 1.807) is 6.92 Å². The second kappa shape index (κ2) is 11.6. The van der Waals surface area contributed by atoms with Crippen LogP contribution in [0.2, 0.25) is 0 Å². The number of benzene rings is 1. The Morgan fingerprint density at radius 3 is 1.90 bits per heavy atom. The van der Waals surface area contributed by atoms with Crippen LogP contribution < -0.4 is 0 Å². The van der Waals surface area contributed by atoms with Crippen molar-refractivity contribution in [2.24, 2.45) is 0 Å². The molecule has 10 heteroatoms. The molecule has 0 saturated heterocycles. The zero-order valence-electron chi connectivity index (χ0n) is 17.3. The number of rotatable bonds is 9. The van der Waals surface area contributed by atoms with Crippen LogP contribution in [0.4, 0.5) is 0 Å². The van der Waals surface area contributed by atoms with E-state index in [0.29, 0.717) is 13.2 Å². The molecule has 2 atom stereocenters. The molecule has 31 heavy (non-hydrogen) atoms. The second-order valence-corrected chi connectivity index (χ2v) is 6.81. The summed E-state index contributed by atoms with van der Waals surface area (Å²) in [5.41, 5.74) is 1.36. The molecular formula is C21H26N4O6.